The third-order valence-corrected chi connectivity index (χ3v) is 6.02. The highest BCUT2D eigenvalue weighted by atomic mass is 32.1. The van der Waals surface area contributed by atoms with Gasteiger partial charge in [0, 0.05) is 12.2 Å². The molecule has 154 valence electrons. The molecule has 0 saturated carbocycles. The lowest BCUT2D eigenvalue weighted by Crippen LogP contribution is -2.52. The van der Waals surface area contributed by atoms with Gasteiger partial charge < -0.3 is 15.5 Å². The van der Waals surface area contributed by atoms with Crippen molar-refractivity contribution in [2.24, 2.45) is 0 Å². The smallest absolute Gasteiger partial charge is 0.264 e. The zero-order chi connectivity index (χ0) is 21.0. The Morgan fingerprint density at radius 1 is 1.14 bits per heavy atom. The van der Waals surface area contributed by atoms with Crippen LogP contribution >= 0.6 is 11.3 Å². The minimum Gasteiger partial charge on any atom is -0.345 e. The van der Waals surface area contributed by atoms with Crippen molar-refractivity contribution in [3.8, 4) is 0 Å². The van der Waals surface area contributed by atoms with Gasteiger partial charge in [-0.15, -0.1) is 11.3 Å². The molecular weight excluding hydrogens is 386 g/mol. The third kappa shape index (κ3) is 5.03. The molecule has 1 atom stereocenters. The fourth-order valence-electron chi connectivity index (χ4n) is 3.84. The van der Waals surface area contributed by atoms with Gasteiger partial charge in [-0.1, -0.05) is 23.8 Å². The molecule has 2 N–H and O–H groups in total. The van der Waals surface area contributed by atoms with Gasteiger partial charge in [-0.3, -0.25) is 14.4 Å². The Morgan fingerprint density at radius 2 is 1.86 bits per heavy atom. The summed E-state index contributed by atoms with van der Waals surface area (Å²) in [5, 5.41) is 7.45. The van der Waals surface area contributed by atoms with Gasteiger partial charge >= 0.3 is 0 Å². The van der Waals surface area contributed by atoms with Crippen molar-refractivity contribution in [1.29, 1.82) is 0 Å². The predicted octanol–water partition coefficient (Wildman–Crippen LogP) is 3.42. The lowest BCUT2D eigenvalue weighted by molar-refractivity contribution is -0.128. The number of hydrogen-bond donors (Lipinski definition) is 2. The zero-order valence-corrected chi connectivity index (χ0v) is 17.9. The normalized spacial score (nSPS) is 16.4. The number of amides is 3. The summed E-state index contributed by atoms with van der Waals surface area (Å²) in [7, 11) is 0. The van der Waals surface area contributed by atoms with Crippen LogP contribution in [-0.2, 0) is 9.59 Å². The average Bonchev–Trinajstić information content (AvgIpc) is 3.23. The fraction of sp³-hybridized carbons (Fsp3) is 0.409. The number of nitrogens with zero attached hydrogens (tertiary/aromatic N) is 1. The molecule has 7 heteroatoms. The molecule has 1 aromatic heterocycles. The topological polar surface area (TPSA) is 78.5 Å². The van der Waals surface area contributed by atoms with Crippen molar-refractivity contribution in [2.75, 3.05) is 18.4 Å². The number of thiophene rings is 1. The summed E-state index contributed by atoms with van der Waals surface area (Å²) >= 11 is 1.37. The Balaban J connectivity index is 1.60. The summed E-state index contributed by atoms with van der Waals surface area (Å²) < 4.78 is 0. The number of piperidine rings is 1. The third-order valence-electron chi connectivity index (χ3n) is 5.16. The van der Waals surface area contributed by atoms with E-state index in [0.717, 1.165) is 35.2 Å². The molecule has 0 aliphatic carbocycles. The van der Waals surface area contributed by atoms with E-state index in [9.17, 15) is 14.4 Å². The molecule has 1 fully saturated rings. The number of anilines is 1. The van der Waals surface area contributed by atoms with Crippen molar-refractivity contribution in [2.45, 2.75) is 46.1 Å². The quantitative estimate of drug-likeness (QED) is 0.788. The van der Waals surface area contributed by atoms with E-state index in [2.05, 4.69) is 10.6 Å². The van der Waals surface area contributed by atoms with E-state index in [1.165, 1.54) is 11.3 Å². The van der Waals surface area contributed by atoms with Crippen molar-refractivity contribution < 1.29 is 14.4 Å². The lowest BCUT2D eigenvalue weighted by Gasteiger charge is -2.34. The molecule has 1 aliphatic heterocycles. The molecule has 0 spiro atoms. The molecule has 3 amide bonds. The second-order valence-corrected chi connectivity index (χ2v) is 8.47. The summed E-state index contributed by atoms with van der Waals surface area (Å²) in [5.74, 6) is -0.669. The second kappa shape index (κ2) is 9.22. The lowest BCUT2D eigenvalue weighted by atomic mass is 10.0. The van der Waals surface area contributed by atoms with Crippen LogP contribution in [0.15, 0.2) is 29.6 Å². The van der Waals surface area contributed by atoms with Crippen LogP contribution < -0.4 is 10.6 Å². The van der Waals surface area contributed by atoms with Crippen LogP contribution in [0.25, 0.3) is 0 Å². The van der Waals surface area contributed by atoms with E-state index in [1.807, 2.05) is 44.4 Å². The Hall–Kier alpha value is -2.67. The Labute approximate surface area is 175 Å². The van der Waals surface area contributed by atoms with E-state index in [-0.39, 0.29) is 24.3 Å². The number of carbonyl (C=O) groups excluding carboxylic acids is 3. The van der Waals surface area contributed by atoms with E-state index in [1.54, 1.807) is 11.0 Å². The summed E-state index contributed by atoms with van der Waals surface area (Å²) in [6.07, 6.45) is 2.38. The van der Waals surface area contributed by atoms with E-state index >= 15 is 0 Å². The molecule has 2 heterocycles. The maximum Gasteiger partial charge on any atom is 0.264 e. The Kier molecular flexibility index (Phi) is 6.69. The van der Waals surface area contributed by atoms with Gasteiger partial charge in [-0.25, -0.2) is 0 Å². The molecule has 3 rings (SSSR count). The van der Waals surface area contributed by atoms with Gasteiger partial charge in [0.2, 0.25) is 11.8 Å². The molecule has 1 saturated heterocycles. The molecule has 0 unspecified atom stereocenters. The van der Waals surface area contributed by atoms with Gasteiger partial charge in [-0.05, 0) is 62.6 Å². The van der Waals surface area contributed by atoms with Crippen LogP contribution in [0.4, 0.5) is 5.69 Å². The fourth-order valence-corrected chi connectivity index (χ4v) is 4.51. The van der Waals surface area contributed by atoms with E-state index in [4.69, 9.17) is 0 Å². The summed E-state index contributed by atoms with van der Waals surface area (Å²) in [5.41, 5.74) is 3.89. The van der Waals surface area contributed by atoms with Crippen molar-refractivity contribution in [3.63, 3.8) is 0 Å². The Morgan fingerprint density at radius 3 is 2.52 bits per heavy atom. The minimum atomic E-state index is -0.533. The second-order valence-electron chi connectivity index (χ2n) is 7.53. The molecule has 0 bridgehead atoms. The number of nitrogens with one attached hydrogen (secondary N) is 2. The largest absolute Gasteiger partial charge is 0.345 e. The van der Waals surface area contributed by atoms with Crippen LogP contribution in [0.3, 0.4) is 0 Å². The monoisotopic (exact) mass is 413 g/mol. The number of likely N-dealkylation sites (tertiary alicyclic amines) is 1. The zero-order valence-electron chi connectivity index (χ0n) is 17.1. The first kappa shape index (κ1) is 21.0. The number of hydrogen-bond acceptors (Lipinski definition) is 4. The highest BCUT2D eigenvalue weighted by Gasteiger charge is 2.33. The SMILES string of the molecule is Cc1cc(C)c(NC(=O)CNC(=O)[C@H]2CCCCN2C(=O)c2cccs2)c(C)c1. The maximum atomic E-state index is 12.7. The highest BCUT2D eigenvalue weighted by molar-refractivity contribution is 7.12. The van der Waals surface area contributed by atoms with E-state index in [0.29, 0.717) is 17.8 Å². The molecule has 1 aliphatic rings. The number of rotatable bonds is 5. The molecule has 2 aromatic rings. The molecule has 0 radical (unpaired) electrons. The highest BCUT2D eigenvalue weighted by Crippen LogP contribution is 2.23. The maximum absolute atomic E-state index is 12.7. The van der Waals surface area contributed by atoms with Crippen LogP contribution in [0.2, 0.25) is 0 Å². The molecule has 6 nitrogen and oxygen atoms in total. The van der Waals surface area contributed by atoms with Crippen LogP contribution in [0.1, 0.15) is 45.6 Å². The Bertz CT molecular complexity index is 885. The van der Waals surface area contributed by atoms with Crippen LogP contribution in [0, 0.1) is 20.8 Å². The van der Waals surface area contributed by atoms with Crippen LogP contribution in [-0.4, -0.2) is 41.8 Å². The first-order valence-electron chi connectivity index (χ1n) is 9.86. The number of carbonyl (C=O) groups is 3. The summed E-state index contributed by atoms with van der Waals surface area (Å²) in [6.45, 7) is 6.35. The molecule has 29 heavy (non-hydrogen) atoms. The standard InChI is InChI=1S/C22H27N3O3S/c1-14-11-15(2)20(16(3)12-14)24-19(26)13-23-21(27)17-7-4-5-9-25(17)22(28)18-8-6-10-29-18/h6,8,10-12,17H,4-5,7,9,13H2,1-3H3,(H,23,27)(H,24,26)/t17-/m1/s1. The van der Waals surface area contributed by atoms with Gasteiger partial charge in [0.05, 0.1) is 11.4 Å². The number of benzene rings is 1. The van der Waals surface area contributed by atoms with Gasteiger partial charge in [0.25, 0.3) is 5.91 Å². The predicted molar refractivity (Wildman–Crippen MR) is 115 cm³/mol. The molecule has 1 aromatic carbocycles. The molecular formula is C22H27N3O3S. The van der Waals surface area contributed by atoms with Crippen LogP contribution in [0.5, 0.6) is 0 Å². The number of aryl methyl sites for hydroxylation is 3. The first-order chi connectivity index (χ1) is 13.9. The van der Waals surface area contributed by atoms with E-state index < -0.39 is 6.04 Å². The van der Waals surface area contributed by atoms with Crippen molar-refractivity contribution in [1.82, 2.24) is 10.2 Å². The van der Waals surface area contributed by atoms with Crippen molar-refractivity contribution >= 4 is 34.7 Å². The first-order valence-corrected chi connectivity index (χ1v) is 10.7. The van der Waals surface area contributed by atoms with Gasteiger partial charge in [0.15, 0.2) is 0 Å². The average molecular weight is 414 g/mol. The van der Waals surface area contributed by atoms with Crippen molar-refractivity contribution in [3.05, 3.63) is 51.2 Å². The summed E-state index contributed by atoms with van der Waals surface area (Å²) in [4.78, 5) is 40.1. The minimum absolute atomic E-state index is 0.116. The van der Waals surface area contributed by atoms with Gasteiger partial charge in [-0.2, -0.15) is 0 Å². The summed E-state index contributed by atoms with van der Waals surface area (Å²) in [6, 6.07) is 7.09. The van der Waals surface area contributed by atoms with Gasteiger partial charge in [0.1, 0.15) is 6.04 Å².